The average molecular weight is 955 g/mol. The molecule has 69 heavy (non-hydrogen) atoms. The van der Waals surface area contributed by atoms with Crippen molar-refractivity contribution >= 4 is 35.8 Å². The second-order valence-electron chi connectivity index (χ2n) is 16.5. The van der Waals surface area contributed by atoms with Gasteiger partial charge in [-0.25, -0.2) is 28.8 Å². The predicted octanol–water partition coefficient (Wildman–Crippen LogP) is 3.91. The number of ether oxygens (including phenoxy) is 9. The summed E-state index contributed by atoms with van der Waals surface area (Å²) in [7, 11) is 3.82. The van der Waals surface area contributed by atoms with E-state index in [1.807, 2.05) is 30.3 Å². The lowest BCUT2D eigenvalue weighted by molar-refractivity contribution is -0.375. The van der Waals surface area contributed by atoms with Crippen molar-refractivity contribution in [3.63, 3.8) is 0 Å². The smallest absolute Gasteiger partial charge is 0.346 e. The third kappa shape index (κ3) is 10.2. The van der Waals surface area contributed by atoms with Crippen molar-refractivity contribution < 1.29 is 86.7 Å². The maximum Gasteiger partial charge on any atom is 0.346 e. The van der Waals surface area contributed by atoms with Gasteiger partial charge in [0, 0.05) is 19.4 Å². The summed E-state index contributed by atoms with van der Waals surface area (Å²) < 4.78 is 51.3. The summed E-state index contributed by atoms with van der Waals surface area (Å²) in [4.78, 5) is 84.9. The first kappa shape index (κ1) is 51.6. The molecule has 3 unspecified atom stereocenters. The second kappa shape index (κ2) is 22.1. The van der Waals surface area contributed by atoms with E-state index in [4.69, 9.17) is 42.6 Å². The Balaban J connectivity index is 1.51. The number of aliphatic hydroxyl groups is 3. The lowest BCUT2D eigenvalue weighted by Gasteiger charge is -2.49. The molecule has 2 heterocycles. The van der Waals surface area contributed by atoms with Crippen LogP contribution in [0.5, 0.6) is 0 Å². The molecule has 18 nitrogen and oxygen atoms in total. The normalized spacial score (nSPS) is 24.8. The Morgan fingerprint density at radius 2 is 1.13 bits per heavy atom. The van der Waals surface area contributed by atoms with E-state index in [0.717, 1.165) is 26.9 Å². The lowest BCUT2D eigenvalue weighted by atomic mass is 9.74. The molecule has 4 aromatic rings. The van der Waals surface area contributed by atoms with Gasteiger partial charge in [-0.3, -0.25) is 0 Å². The Morgan fingerprint density at radius 3 is 1.61 bits per heavy atom. The second-order valence-corrected chi connectivity index (χ2v) is 16.5. The summed E-state index contributed by atoms with van der Waals surface area (Å²) in [6, 6.07) is 32.6. The fourth-order valence-corrected chi connectivity index (χ4v) is 8.73. The van der Waals surface area contributed by atoms with Gasteiger partial charge in [-0.2, -0.15) is 0 Å². The first-order chi connectivity index (χ1) is 33.0. The number of esters is 6. The minimum Gasteiger partial charge on any atom is -0.467 e. The summed E-state index contributed by atoms with van der Waals surface area (Å²) >= 11 is 0. The zero-order chi connectivity index (χ0) is 50.1. The van der Waals surface area contributed by atoms with E-state index in [1.54, 1.807) is 49.4 Å². The fraction of sp³-hybridized carbons (Fsp3) is 0.373. The average Bonchev–Trinajstić information content (AvgIpc) is 3.61. The molecule has 2 aliphatic rings. The number of carbonyl (C=O) groups is 6. The number of fused-ring (bicyclic) bond motifs is 2. The van der Waals surface area contributed by atoms with Crippen molar-refractivity contribution in [1.82, 2.24) is 0 Å². The van der Waals surface area contributed by atoms with Crippen LogP contribution in [0, 0.1) is 5.92 Å². The van der Waals surface area contributed by atoms with Crippen LogP contribution in [0.15, 0.2) is 133 Å². The highest BCUT2D eigenvalue weighted by molar-refractivity contribution is 5.99. The van der Waals surface area contributed by atoms with Crippen LogP contribution in [-0.2, 0) is 77.8 Å². The topological polar surface area (TPSA) is 246 Å². The van der Waals surface area contributed by atoms with E-state index in [9.17, 15) is 44.1 Å². The first-order valence-electron chi connectivity index (χ1n) is 21.7. The minimum atomic E-state index is -3.70. The lowest BCUT2D eigenvalue weighted by Crippen LogP contribution is -2.78. The molecule has 0 aromatic heterocycles. The number of methoxy groups -OCH3 is 4. The first-order valence-corrected chi connectivity index (χ1v) is 21.7. The minimum absolute atomic E-state index is 0.0175. The number of hydrogen-bond donors (Lipinski definition) is 3. The molecule has 18 heteroatoms. The van der Waals surface area contributed by atoms with Gasteiger partial charge in [0.2, 0.25) is 17.5 Å². The maximum atomic E-state index is 14.6. The molecule has 0 radical (unpaired) electrons. The van der Waals surface area contributed by atoms with Crippen molar-refractivity contribution in [2.75, 3.05) is 28.4 Å². The molecular formula is C51H54O18. The molecule has 2 fully saturated rings. The highest BCUT2D eigenvalue weighted by Gasteiger charge is 2.87. The van der Waals surface area contributed by atoms with Gasteiger partial charge in [-0.1, -0.05) is 135 Å². The molecule has 0 spiro atoms. The van der Waals surface area contributed by atoms with Crippen molar-refractivity contribution in [1.29, 1.82) is 0 Å². The highest BCUT2D eigenvalue weighted by Crippen LogP contribution is 2.58. The summed E-state index contributed by atoms with van der Waals surface area (Å²) in [6.45, 7) is 6.08. The van der Waals surface area contributed by atoms with Crippen LogP contribution < -0.4 is 0 Å². The van der Waals surface area contributed by atoms with E-state index >= 15 is 0 Å². The Bertz CT molecular complexity index is 2450. The van der Waals surface area contributed by atoms with Gasteiger partial charge in [0.15, 0.2) is 30.5 Å². The zero-order valence-electron chi connectivity index (χ0n) is 38.5. The summed E-state index contributed by atoms with van der Waals surface area (Å²) in [5, 5.41) is 35.4. The molecule has 6 rings (SSSR count). The van der Waals surface area contributed by atoms with E-state index in [0.29, 0.717) is 12.0 Å². The van der Waals surface area contributed by atoms with Gasteiger partial charge in [0.25, 0.3) is 5.60 Å². The number of hydrogen-bond acceptors (Lipinski definition) is 18. The fourth-order valence-electron chi connectivity index (χ4n) is 8.73. The molecule has 2 aliphatic heterocycles. The van der Waals surface area contributed by atoms with Gasteiger partial charge in [-0.05, 0) is 40.7 Å². The van der Waals surface area contributed by atoms with Crippen molar-refractivity contribution in [2.45, 2.75) is 85.9 Å². The van der Waals surface area contributed by atoms with E-state index in [1.165, 1.54) is 55.6 Å². The van der Waals surface area contributed by atoms with Gasteiger partial charge >= 0.3 is 35.8 Å². The van der Waals surface area contributed by atoms with Crippen LogP contribution in [0.1, 0.15) is 60.3 Å². The van der Waals surface area contributed by atoms with Gasteiger partial charge in [0.1, 0.15) is 6.10 Å². The summed E-state index contributed by atoms with van der Waals surface area (Å²) in [6.07, 6.45) is -14.7. The van der Waals surface area contributed by atoms with E-state index in [-0.39, 0.29) is 23.1 Å². The third-order valence-corrected chi connectivity index (χ3v) is 12.2. The van der Waals surface area contributed by atoms with Crippen molar-refractivity contribution in [3.8, 4) is 0 Å². The van der Waals surface area contributed by atoms with E-state index < -0.39 is 108 Å². The Kier molecular flexibility index (Phi) is 16.5. The van der Waals surface area contributed by atoms with Gasteiger partial charge < -0.3 is 58.0 Å². The van der Waals surface area contributed by atoms with Crippen LogP contribution in [0.25, 0.3) is 0 Å². The monoisotopic (exact) mass is 954 g/mol. The Morgan fingerprint density at radius 1 is 0.652 bits per heavy atom. The highest BCUT2D eigenvalue weighted by atomic mass is 16.8. The molecular weight excluding hydrogens is 901 g/mol. The molecule has 366 valence electrons. The van der Waals surface area contributed by atoms with Crippen molar-refractivity contribution in [2.24, 2.45) is 5.92 Å². The zero-order valence-corrected chi connectivity index (χ0v) is 38.5. The molecule has 3 N–H and O–H groups in total. The Labute approximate surface area is 397 Å². The molecule has 4 aromatic carbocycles. The number of benzene rings is 4. The SMILES string of the molecule is C=C(CC[C@]12O[C@H](C(=O)OC)[C@@](O)(C(=O)OC)[C@](C(=O)OC)(O1)[C@H](OC(=O)[C@@H](O)c1ccccc1)[C@H]2OC(=O)[C@@H](O)c1ccccc1)C(OC(=O)C(OC)c1ccccc1)C(C)Cc1ccccc1. The van der Waals surface area contributed by atoms with Crippen LogP contribution in [-0.4, -0.2) is 121 Å². The number of carbonyl (C=O) groups excluding carboxylic acids is 6. The van der Waals surface area contributed by atoms with Gasteiger partial charge in [-0.15, -0.1) is 0 Å². The van der Waals surface area contributed by atoms with Crippen molar-refractivity contribution in [3.05, 3.63) is 156 Å². The van der Waals surface area contributed by atoms with Crippen LogP contribution in [0.3, 0.4) is 0 Å². The predicted molar refractivity (Wildman–Crippen MR) is 239 cm³/mol. The largest absolute Gasteiger partial charge is 0.467 e. The van der Waals surface area contributed by atoms with Crippen LogP contribution >= 0.6 is 0 Å². The summed E-state index contributed by atoms with van der Waals surface area (Å²) in [5.74, 6) is -12.0. The number of aliphatic hydroxyl groups excluding tert-OH is 2. The van der Waals surface area contributed by atoms with E-state index in [2.05, 4.69) is 6.58 Å². The standard InChI is InChI=1S/C51H54O18/c1-30(38(31(2)29-32-19-11-7-12-20-32)65-45(56)39(61-3)35-25-17-10-18-26-35)27-28-49-40(66-43(54)36(52)33-21-13-8-14-22-33)41(67-44(55)37(53)34-23-15-9-16-24-34)51(69-49,48(59)64-6)50(60,47(58)63-5)42(68-49)46(57)62-4/h7-26,31,36-42,52-53,60H,1,27-29H2,2-6H3/t31?,36-,37-,38?,39?,40+,41+,42+,49-,50+,51-/m0/s1. The quantitative estimate of drug-likeness (QED) is 0.0646. The summed E-state index contributed by atoms with van der Waals surface area (Å²) in [5.41, 5.74) is -5.63. The van der Waals surface area contributed by atoms with Crippen LogP contribution in [0.4, 0.5) is 0 Å². The maximum absolute atomic E-state index is 14.6. The molecule has 2 saturated heterocycles. The van der Waals surface area contributed by atoms with Gasteiger partial charge in [0.05, 0.1) is 21.3 Å². The molecule has 0 amide bonds. The number of rotatable bonds is 20. The molecule has 0 saturated carbocycles. The Hall–Kier alpha value is -6.80. The molecule has 0 aliphatic carbocycles. The van der Waals surface area contributed by atoms with Crippen LogP contribution in [0.2, 0.25) is 0 Å². The molecule has 11 atom stereocenters. The molecule has 2 bridgehead atoms. The third-order valence-electron chi connectivity index (χ3n) is 12.2.